The van der Waals surface area contributed by atoms with Crippen LogP contribution in [-0.2, 0) is 17.6 Å². The Bertz CT molecular complexity index is 822. The zero-order chi connectivity index (χ0) is 16.8. The molecule has 24 heavy (non-hydrogen) atoms. The molecule has 124 valence electrons. The summed E-state index contributed by atoms with van der Waals surface area (Å²) in [6.45, 7) is 3.05. The second-order valence-electron chi connectivity index (χ2n) is 5.82. The summed E-state index contributed by atoms with van der Waals surface area (Å²) in [5.41, 5.74) is 4.63. The lowest BCUT2D eigenvalue weighted by molar-refractivity contribution is -0.119. The van der Waals surface area contributed by atoms with Crippen LogP contribution in [0.4, 0.5) is 5.69 Å². The fourth-order valence-corrected chi connectivity index (χ4v) is 2.91. The molecule has 0 radical (unpaired) electrons. The molecule has 0 fully saturated rings. The molecule has 4 heteroatoms. The number of anilines is 1. The molecule has 2 aromatic carbocycles. The van der Waals surface area contributed by atoms with Gasteiger partial charge in [0.15, 0.2) is 0 Å². The van der Waals surface area contributed by atoms with Crippen molar-refractivity contribution in [2.45, 2.75) is 19.8 Å². The molecule has 3 rings (SSSR count). The number of H-pyrrole nitrogens is 1. The second kappa shape index (κ2) is 7.68. The summed E-state index contributed by atoms with van der Waals surface area (Å²) in [7, 11) is 0. The number of carbonyl (C=O) groups is 1. The molecule has 0 spiro atoms. The summed E-state index contributed by atoms with van der Waals surface area (Å²) in [6, 6.07) is 16.3. The SMILES string of the molecule is CCc1ccccc1NCC(=O)NCCc1c[nH]c2ccccc12. The Morgan fingerprint density at radius 2 is 1.83 bits per heavy atom. The lowest BCUT2D eigenvalue weighted by Crippen LogP contribution is -2.31. The zero-order valence-corrected chi connectivity index (χ0v) is 13.9. The number of fused-ring (bicyclic) bond motifs is 1. The Morgan fingerprint density at radius 3 is 2.71 bits per heavy atom. The quantitative estimate of drug-likeness (QED) is 0.624. The first-order valence-corrected chi connectivity index (χ1v) is 8.41. The standard InChI is InChI=1S/C20H23N3O/c1-2-15-7-3-5-9-18(15)23-14-20(24)21-12-11-16-13-22-19-10-6-4-8-17(16)19/h3-10,13,22-23H,2,11-12,14H2,1H3,(H,21,24). The highest BCUT2D eigenvalue weighted by atomic mass is 16.1. The summed E-state index contributed by atoms with van der Waals surface area (Å²) in [4.78, 5) is 15.3. The van der Waals surface area contributed by atoms with Crippen molar-refractivity contribution >= 4 is 22.5 Å². The second-order valence-corrected chi connectivity index (χ2v) is 5.82. The van der Waals surface area contributed by atoms with Gasteiger partial charge in [0.1, 0.15) is 0 Å². The highest BCUT2D eigenvalue weighted by molar-refractivity contribution is 5.83. The molecular weight excluding hydrogens is 298 g/mol. The van der Waals surface area contributed by atoms with Gasteiger partial charge >= 0.3 is 0 Å². The van der Waals surface area contributed by atoms with E-state index in [0.29, 0.717) is 13.1 Å². The molecule has 0 aliphatic heterocycles. The molecule has 1 heterocycles. The molecule has 3 N–H and O–H groups in total. The van der Waals surface area contributed by atoms with Crippen molar-refractivity contribution in [3.05, 3.63) is 65.9 Å². The summed E-state index contributed by atoms with van der Waals surface area (Å²) >= 11 is 0. The van der Waals surface area contributed by atoms with Crippen LogP contribution >= 0.6 is 0 Å². The van der Waals surface area contributed by atoms with Crippen molar-refractivity contribution in [2.75, 3.05) is 18.4 Å². The minimum Gasteiger partial charge on any atom is -0.376 e. The first-order valence-electron chi connectivity index (χ1n) is 8.41. The largest absolute Gasteiger partial charge is 0.376 e. The monoisotopic (exact) mass is 321 g/mol. The third-order valence-corrected chi connectivity index (χ3v) is 4.23. The van der Waals surface area contributed by atoms with Crippen LogP contribution in [0.15, 0.2) is 54.7 Å². The van der Waals surface area contributed by atoms with E-state index in [9.17, 15) is 4.79 Å². The highest BCUT2D eigenvalue weighted by Crippen LogP contribution is 2.17. The third-order valence-electron chi connectivity index (χ3n) is 4.23. The van der Waals surface area contributed by atoms with Gasteiger partial charge in [0.2, 0.25) is 5.91 Å². The molecule has 0 saturated carbocycles. The lowest BCUT2D eigenvalue weighted by atomic mass is 10.1. The van der Waals surface area contributed by atoms with Crippen LogP contribution in [-0.4, -0.2) is 24.0 Å². The normalized spacial score (nSPS) is 10.7. The molecule has 0 aliphatic rings. The van der Waals surface area contributed by atoms with Gasteiger partial charge < -0.3 is 15.6 Å². The van der Waals surface area contributed by atoms with E-state index in [1.165, 1.54) is 16.5 Å². The minimum absolute atomic E-state index is 0.0146. The topological polar surface area (TPSA) is 56.9 Å². The van der Waals surface area contributed by atoms with Crippen LogP contribution in [0, 0.1) is 0 Å². The maximum atomic E-state index is 12.0. The van der Waals surface area contributed by atoms with E-state index >= 15 is 0 Å². The number of aromatic nitrogens is 1. The molecule has 0 aliphatic carbocycles. The van der Waals surface area contributed by atoms with Crippen molar-refractivity contribution in [1.82, 2.24) is 10.3 Å². The molecule has 1 amide bonds. The van der Waals surface area contributed by atoms with Gasteiger partial charge in [-0.25, -0.2) is 0 Å². The summed E-state index contributed by atoms with van der Waals surface area (Å²) in [5, 5.41) is 7.42. The van der Waals surface area contributed by atoms with Crippen molar-refractivity contribution in [3.8, 4) is 0 Å². The number of carbonyl (C=O) groups excluding carboxylic acids is 1. The molecular formula is C20H23N3O. The van der Waals surface area contributed by atoms with Gasteiger partial charge in [0, 0.05) is 29.3 Å². The first-order chi connectivity index (χ1) is 11.8. The minimum atomic E-state index is 0.0146. The number of aryl methyl sites for hydroxylation is 1. The van der Waals surface area contributed by atoms with Crippen LogP contribution in [0.2, 0.25) is 0 Å². The van der Waals surface area contributed by atoms with Gasteiger partial charge in [-0.05, 0) is 36.1 Å². The predicted octanol–water partition coefficient (Wildman–Crippen LogP) is 3.50. The van der Waals surface area contributed by atoms with Crippen molar-refractivity contribution in [1.29, 1.82) is 0 Å². The van der Waals surface area contributed by atoms with Gasteiger partial charge in [-0.15, -0.1) is 0 Å². The molecule has 0 atom stereocenters. The fraction of sp³-hybridized carbons (Fsp3) is 0.250. The van der Waals surface area contributed by atoms with Crippen molar-refractivity contribution < 1.29 is 4.79 Å². The fourth-order valence-electron chi connectivity index (χ4n) is 2.91. The Balaban J connectivity index is 1.47. The van der Waals surface area contributed by atoms with Gasteiger partial charge in [0.25, 0.3) is 0 Å². The van der Waals surface area contributed by atoms with Crippen LogP contribution < -0.4 is 10.6 Å². The van der Waals surface area contributed by atoms with E-state index in [1.54, 1.807) is 0 Å². The van der Waals surface area contributed by atoms with E-state index in [0.717, 1.165) is 24.0 Å². The lowest BCUT2D eigenvalue weighted by Gasteiger charge is -2.11. The van der Waals surface area contributed by atoms with Crippen LogP contribution in [0.25, 0.3) is 10.9 Å². The Hall–Kier alpha value is -2.75. The number of para-hydroxylation sites is 2. The number of rotatable bonds is 7. The van der Waals surface area contributed by atoms with Gasteiger partial charge in [-0.2, -0.15) is 0 Å². The number of hydrogen-bond donors (Lipinski definition) is 3. The number of hydrogen-bond acceptors (Lipinski definition) is 2. The Kier molecular flexibility index (Phi) is 5.16. The molecule has 4 nitrogen and oxygen atoms in total. The summed E-state index contributed by atoms with van der Waals surface area (Å²) in [5.74, 6) is 0.0146. The number of benzene rings is 2. The van der Waals surface area contributed by atoms with Gasteiger partial charge in [-0.1, -0.05) is 43.3 Å². The maximum absolute atomic E-state index is 12.0. The van der Waals surface area contributed by atoms with Gasteiger partial charge in [0.05, 0.1) is 6.54 Å². The molecule has 1 aromatic heterocycles. The molecule has 0 unspecified atom stereocenters. The van der Waals surface area contributed by atoms with Crippen LogP contribution in [0.3, 0.4) is 0 Å². The Labute approximate surface area is 142 Å². The number of amides is 1. The summed E-state index contributed by atoms with van der Waals surface area (Å²) < 4.78 is 0. The highest BCUT2D eigenvalue weighted by Gasteiger charge is 2.05. The third kappa shape index (κ3) is 3.77. The Morgan fingerprint density at radius 1 is 1.04 bits per heavy atom. The zero-order valence-electron chi connectivity index (χ0n) is 13.9. The van der Waals surface area contributed by atoms with Crippen LogP contribution in [0.1, 0.15) is 18.1 Å². The van der Waals surface area contributed by atoms with Crippen molar-refractivity contribution in [3.63, 3.8) is 0 Å². The molecule has 0 bridgehead atoms. The van der Waals surface area contributed by atoms with E-state index < -0.39 is 0 Å². The number of aromatic amines is 1. The first kappa shape index (κ1) is 16.1. The smallest absolute Gasteiger partial charge is 0.239 e. The van der Waals surface area contributed by atoms with Crippen molar-refractivity contribution in [2.24, 2.45) is 0 Å². The van der Waals surface area contributed by atoms with E-state index in [2.05, 4.69) is 40.7 Å². The average molecular weight is 321 g/mol. The van der Waals surface area contributed by atoms with E-state index in [1.807, 2.05) is 36.5 Å². The van der Waals surface area contributed by atoms with Crippen LogP contribution in [0.5, 0.6) is 0 Å². The van der Waals surface area contributed by atoms with Gasteiger partial charge in [-0.3, -0.25) is 4.79 Å². The average Bonchev–Trinajstić information content (AvgIpc) is 3.03. The molecule has 3 aromatic rings. The maximum Gasteiger partial charge on any atom is 0.239 e. The molecule has 0 saturated heterocycles. The summed E-state index contributed by atoms with van der Waals surface area (Å²) in [6.07, 6.45) is 3.79. The van der Waals surface area contributed by atoms with E-state index in [4.69, 9.17) is 0 Å². The van der Waals surface area contributed by atoms with E-state index in [-0.39, 0.29) is 5.91 Å². The predicted molar refractivity (Wildman–Crippen MR) is 99.3 cm³/mol. The number of nitrogens with one attached hydrogen (secondary N) is 3.